The van der Waals surface area contributed by atoms with Crippen LogP contribution in [0.1, 0.15) is 12.8 Å². The Morgan fingerprint density at radius 1 is 1.10 bits per heavy atom. The summed E-state index contributed by atoms with van der Waals surface area (Å²) in [5.41, 5.74) is -0.0757. The number of hydrogen-bond acceptors (Lipinski definition) is 4. The van der Waals surface area contributed by atoms with Crippen molar-refractivity contribution in [2.75, 3.05) is 4.90 Å². The minimum atomic E-state index is -1.05. The molecule has 2 fully saturated rings. The molecule has 1 aromatic carbocycles. The van der Waals surface area contributed by atoms with Gasteiger partial charge in [0.1, 0.15) is 5.41 Å². The van der Waals surface area contributed by atoms with Gasteiger partial charge in [0.25, 0.3) is 5.91 Å². The van der Waals surface area contributed by atoms with E-state index >= 15 is 0 Å². The van der Waals surface area contributed by atoms with Crippen LogP contribution in [0.25, 0.3) is 10.9 Å². The zero-order valence-corrected chi connectivity index (χ0v) is 11.0. The van der Waals surface area contributed by atoms with Gasteiger partial charge in [-0.2, -0.15) is 0 Å². The molecule has 0 atom stereocenters. The Morgan fingerprint density at radius 2 is 1.86 bits per heavy atom. The molecule has 1 saturated heterocycles. The maximum Gasteiger partial charge on any atom is 0.335 e. The highest BCUT2D eigenvalue weighted by molar-refractivity contribution is 6.32. The quantitative estimate of drug-likeness (QED) is 0.805. The molecule has 0 bridgehead atoms. The van der Waals surface area contributed by atoms with E-state index in [9.17, 15) is 14.4 Å². The summed E-state index contributed by atoms with van der Waals surface area (Å²) < 4.78 is 0. The summed E-state index contributed by atoms with van der Waals surface area (Å²) in [7, 11) is 0. The lowest BCUT2D eigenvalue weighted by Crippen LogP contribution is -2.59. The molecule has 1 spiro atoms. The zero-order chi connectivity index (χ0) is 14.6. The SMILES string of the molecule is O=C1NC(=O)C2(CC2)C(=O)N1c1cccc2cccnc12. The minimum absolute atomic E-state index is 0.411. The van der Waals surface area contributed by atoms with Crippen molar-refractivity contribution in [1.82, 2.24) is 10.3 Å². The molecule has 4 rings (SSSR count). The van der Waals surface area contributed by atoms with Gasteiger partial charge in [0.05, 0.1) is 11.2 Å². The van der Waals surface area contributed by atoms with E-state index in [0.29, 0.717) is 24.0 Å². The van der Waals surface area contributed by atoms with Gasteiger partial charge in [0.15, 0.2) is 0 Å². The molecule has 104 valence electrons. The first-order chi connectivity index (χ1) is 10.1. The fourth-order valence-electron chi connectivity index (χ4n) is 2.73. The maximum absolute atomic E-state index is 12.6. The molecular formula is C15H11N3O3. The number of hydrogen-bond donors (Lipinski definition) is 1. The minimum Gasteiger partial charge on any atom is -0.276 e. The third-order valence-electron chi connectivity index (χ3n) is 4.07. The van der Waals surface area contributed by atoms with Gasteiger partial charge < -0.3 is 0 Å². The summed E-state index contributed by atoms with van der Waals surface area (Å²) in [5.74, 6) is -0.934. The highest BCUT2D eigenvalue weighted by atomic mass is 16.2. The van der Waals surface area contributed by atoms with E-state index in [1.54, 1.807) is 24.4 Å². The van der Waals surface area contributed by atoms with Gasteiger partial charge in [-0.3, -0.25) is 19.9 Å². The average Bonchev–Trinajstić information content (AvgIpc) is 3.28. The average molecular weight is 281 g/mol. The lowest BCUT2D eigenvalue weighted by Gasteiger charge is -2.30. The second kappa shape index (κ2) is 3.88. The Balaban J connectivity index is 1.90. The van der Waals surface area contributed by atoms with Crippen LogP contribution in [0.4, 0.5) is 10.5 Å². The van der Waals surface area contributed by atoms with Gasteiger partial charge in [-0.15, -0.1) is 0 Å². The van der Waals surface area contributed by atoms with E-state index in [2.05, 4.69) is 10.3 Å². The van der Waals surface area contributed by atoms with Crippen LogP contribution in [0.5, 0.6) is 0 Å². The summed E-state index contributed by atoms with van der Waals surface area (Å²) in [6.45, 7) is 0. The third-order valence-corrected chi connectivity index (χ3v) is 4.07. The number of imide groups is 2. The molecule has 0 unspecified atom stereocenters. The molecule has 6 heteroatoms. The number of nitrogens with one attached hydrogen (secondary N) is 1. The number of anilines is 1. The van der Waals surface area contributed by atoms with E-state index < -0.39 is 23.3 Å². The van der Waals surface area contributed by atoms with Crippen molar-refractivity contribution >= 4 is 34.4 Å². The number of nitrogens with zero attached hydrogens (tertiary/aromatic N) is 2. The number of urea groups is 1. The smallest absolute Gasteiger partial charge is 0.276 e. The molecule has 21 heavy (non-hydrogen) atoms. The lowest BCUT2D eigenvalue weighted by atomic mass is 10.0. The Morgan fingerprint density at radius 3 is 2.62 bits per heavy atom. The first-order valence-electron chi connectivity index (χ1n) is 6.67. The number of aromatic nitrogens is 1. The Hall–Kier alpha value is -2.76. The van der Waals surface area contributed by atoms with Gasteiger partial charge in [0, 0.05) is 11.6 Å². The van der Waals surface area contributed by atoms with Crippen molar-refractivity contribution in [1.29, 1.82) is 0 Å². The number of amides is 4. The van der Waals surface area contributed by atoms with E-state index in [1.165, 1.54) is 0 Å². The molecule has 1 aliphatic heterocycles. The maximum atomic E-state index is 12.6. The molecule has 1 aromatic heterocycles. The first kappa shape index (κ1) is 12.0. The molecule has 2 aromatic rings. The number of rotatable bonds is 1. The number of fused-ring (bicyclic) bond motifs is 1. The highest BCUT2D eigenvalue weighted by Crippen LogP contribution is 2.50. The highest BCUT2D eigenvalue weighted by Gasteiger charge is 2.62. The number of barbiturate groups is 1. The summed E-state index contributed by atoms with van der Waals surface area (Å²) in [6.07, 6.45) is 2.58. The Bertz CT molecular complexity index is 805. The molecule has 4 amide bonds. The van der Waals surface area contributed by atoms with Crippen LogP contribution >= 0.6 is 0 Å². The van der Waals surface area contributed by atoms with Crippen LogP contribution in [-0.4, -0.2) is 22.8 Å². The van der Waals surface area contributed by atoms with Gasteiger partial charge in [-0.25, -0.2) is 9.69 Å². The molecule has 1 aliphatic carbocycles. The van der Waals surface area contributed by atoms with Crippen LogP contribution < -0.4 is 10.2 Å². The van der Waals surface area contributed by atoms with E-state index in [4.69, 9.17) is 0 Å². The Kier molecular flexibility index (Phi) is 2.22. The summed E-state index contributed by atoms with van der Waals surface area (Å²) in [6, 6.07) is 8.22. The van der Waals surface area contributed by atoms with Crippen molar-refractivity contribution in [2.45, 2.75) is 12.8 Å². The number of carbonyl (C=O) groups excluding carboxylic acids is 3. The standard InChI is InChI=1S/C15H11N3O3/c19-12-15(6-7-15)13(20)18(14(21)17-12)10-5-1-3-9-4-2-8-16-11(9)10/h1-5,8H,6-7H2,(H,17,19,21). The predicted molar refractivity (Wildman–Crippen MR) is 74.4 cm³/mol. The molecule has 0 radical (unpaired) electrons. The number of pyridine rings is 1. The third kappa shape index (κ3) is 1.53. The second-order valence-electron chi connectivity index (χ2n) is 5.33. The van der Waals surface area contributed by atoms with Crippen LogP contribution in [-0.2, 0) is 9.59 Å². The van der Waals surface area contributed by atoms with Crippen LogP contribution in [0.2, 0.25) is 0 Å². The molecule has 2 aliphatic rings. The van der Waals surface area contributed by atoms with E-state index in [-0.39, 0.29) is 0 Å². The van der Waals surface area contributed by atoms with Gasteiger partial charge in [0.2, 0.25) is 5.91 Å². The molecular weight excluding hydrogens is 270 g/mol. The topological polar surface area (TPSA) is 79.4 Å². The van der Waals surface area contributed by atoms with Crippen LogP contribution in [0.3, 0.4) is 0 Å². The normalized spacial score (nSPS) is 20.0. The molecule has 6 nitrogen and oxygen atoms in total. The fraction of sp³-hybridized carbons (Fsp3) is 0.200. The van der Waals surface area contributed by atoms with Gasteiger partial charge in [-0.1, -0.05) is 18.2 Å². The number of carbonyl (C=O) groups is 3. The van der Waals surface area contributed by atoms with Gasteiger partial charge >= 0.3 is 6.03 Å². The monoisotopic (exact) mass is 281 g/mol. The zero-order valence-electron chi connectivity index (χ0n) is 11.0. The first-order valence-corrected chi connectivity index (χ1v) is 6.67. The summed E-state index contributed by atoms with van der Waals surface area (Å²) in [5, 5.41) is 3.11. The molecule has 1 N–H and O–H groups in total. The molecule has 1 saturated carbocycles. The van der Waals surface area contributed by atoms with Gasteiger partial charge in [-0.05, 0) is 25.0 Å². The number of para-hydroxylation sites is 1. The summed E-state index contributed by atoms with van der Waals surface area (Å²) in [4.78, 5) is 41.9. The molecule has 2 heterocycles. The van der Waals surface area contributed by atoms with Crippen LogP contribution in [0, 0.1) is 5.41 Å². The summed E-state index contributed by atoms with van der Waals surface area (Å²) >= 11 is 0. The van der Waals surface area contributed by atoms with Crippen molar-refractivity contribution in [2.24, 2.45) is 5.41 Å². The second-order valence-corrected chi connectivity index (χ2v) is 5.33. The van der Waals surface area contributed by atoms with Crippen molar-refractivity contribution in [3.05, 3.63) is 36.5 Å². The number of benzene rings is 1. The lowest BCUT2D eigenvalue weighted by molar-refractivity contribution is -0.136. The largest absolute Gasteiger partial charge is 0.335 e. The van der Waals surface area contributed by atoms with Crippen LogP contribution in [0.15, 0.2) is 36.5 Å². The van der Waals surface area contributed by atoms with E-state index in [0.717, 1.165) is 10.3 Å². The van der Waals surface area contributed by atoms with E-state index in [1.807, 2.05) is 12.1 Å². The predicted octanol–water partition coefficient (Wildman–Crippen LogP) is 1.60. The Labute approximate surface area is 119 Å². The fourth-order valence-corrected chi connectivity index (χ4v) is 2.73. The van der Waals surface area contributed by atoms with Crippen molar-refractivity contribution in [3.8, 4) is 0 Å². The van der Waals surface area contributed by atoms with Crippen molar-refractivity contribution < 1.29 is 14.4 Å². The van der Waals surface area contributed by atoms with Crippen molar-refractivity contribution in [3.63, 3.8) is 0 Å².